The van der Waals surface area contributed by atoms with E-state index in [1.54, 1.807) is 30.6 Å². The van der Waals surface area contributed by atoms with Gasteiger partial charge in [0.2, 0.25) is 0 Å². The van der Waals surface area contributed by atoms with E-state index in [-0.39, 0.29) is 6.03 Å². The molecule has 0 aliphatic carbocycles. The minimum atomic E-state index is -0.338. The number of urea groups is 1. The molecule has 5 nitrogen and oxygen atoms in total. The van der Waals surface area contributed by atoms with Crippen molar-refractivity contribution in [3.63, 3.8) is 0 Å². The molecule has 0 aliphatic rings. The summed E-state index contributed by atoms with van der Waals surface area (Å²) in [7, 11) is 1.57. The van der Waals surface area contributed by atoms with E-state index >= 15 is 0 Å². The normalized spacial score (nSPS) is 10.4. The number of hydrogen-bond acceptors (Lipinski definition) is 4. The molecule has 29 heavy (non-hydrogen) atoms. The first-order valence-electron chi connectivity index (χ1n) is 9.05. The summed E-state index contributed by atoms with van der Waals surface area (Å²) in [4.78, 5) is 17.1. The van der Waals surface area contributed by atoms with Crippen molar-refractivity contribution in [2.24, 2.45) is 0 Å². The topological polar surface area (TPSA) is 63.2 Å². The Labute approximate surface area is 173 Å². The van der Waals surface area contributed by atoms with E-state index in [0.717, 1.165) is 21.8 Å². The SMILES string of the molecule is COc1ccccc1NC(=O)Nc1cccc(-c2csc(-c3ccccc3)n2)c1. The highest BCUT2D eigenvalue weighted by atomic mass is 32.1. The number of anilines is 2. The van der Waals surface area contributed by atoms with Gasteiger partial charge in [-0.15, -0.1) is 11.3 Å². The molecule has 4 aromatic rings. The highest BCUT2D eigenvalue weighted by Gasteiger charge is 2.10. The molecule has 0 fully saturated rings. The zero-order valence-electron chi connectivity index (χ0n) is 15.8. The Morgan fingerprint density at radius 2 is 1.66 bits per heavy atom. The van der Waals surface area contributed by atoms with Gasteiger partial charge in [0.1, 0.15) is 10.8 Å². The molecular weight excluding hydrogens is 382 g/mol. The van der Waals surface area contributed by atoms with Crippen LogP contribution in [0.5, 0.6) is 5.75 Å². The Balaban J connectivity index is 1.49. The van der Waals surface area contributed by atoms with Crippen molar-refractivity contribution in [2.45, 2.75) is 0 Å². The molecule has 4 rings (SSSR count). The Hall–Kier alpha value is -3.64. The number of aromatic nitrogens is 1. The molecule has 1 aromatic heterocycles. The Bertz CT molecular complexity index is 1130. The minimum absolute atomic E-state index is 0.338. The number of para-hydroxylation sites is 2. The molecule has 144 valence electrons. The lowest BCUT2D eigenvalue weighted by molar-refractivity contribution is 0.262. The van der Waals surface area contributed by atoms with Gasteiger partial charge in [-0.3, -0.25) is 0 Å². The molecule has 0 saturated heterocycles. The van der Waals surface area contributed by atoms with Crippen molar-refractivity contribution >= 4 is 28.7 Å². The summed E-state index contributed by atoms with van der Waals surface area (Å²) in [6, 6.07) is 24.6. The third-order valence-electron chi connectivity index (χ3n) is 4.30. The number of carbonyl (C=O) groups is 1. The van der Waals surface area contributed by atoms with Crippen LogP contribution in [0.15, 0.2) is 84.2 Å². The molecule has 1 heterocycles. The maximum atomic E-state index is 12.4. The van der Waals surface area contributed by atoms with E-state index in [9.17, 15) is 4.79 Å². The largest absolute Gasteiger partial charge is 0.495 e. The van der Waals surface area contributed by atoms with Crippen LogP contribution in [0.1, 0.15) is 0 Å². The lowest BCUT2D eigenvalue weighted by atomic mass is 10.1. The number of rotatable bonds is 5. The van der Waals surface area contributed by atoms with Crippen LogP contribution in [0.25, 0.3) is 21.8 Å². The van der Waals surface area contributed by atoms with E-state index in [1.807, 2.05) is 72.1 Å². The van der Waals surface area contributed by atoms with Gasteiger partial charge in [-0.2, -0.15) is 0 Å². The van der Waals surface area contributed by atoms with Crippen LogP contribution < -0.4 is 15.4 Å². The van der Waals surface area contributed by atoms with E-state index in [2.05, 4.69) is 10.6 Å². The van der Waals surface area contributed by atoms with Crippen molar-refractivity contribution in [2.75, 3.05) is 17.7 Å². The predicted molar refractivity (Wildman–Crippen MR) is 119 cm³/mol. The third kappa shape index (κ3) is 4.44. The quantitative estimate of drug-likeness (QED) is 0.423. The fourth-order valence-corrected chi connectivity index (χ4v) is 3.74. The van der Waals surface area contributed by atoms with Gasteiger partial charge in [0.05, 0.1) is 18.5 Å². The summed E-state index contributed by atoms with van der Waals surface area (Å²) < 4.78 is 5.26. The van der Waals surface area contributed by atoms with Crippen LogP contribution in [-0.2, 0) is 0 Å². The number of ether oxygens (including phenoxy) is 1. The highest BCUT2D eigenvalue weighted by Crippen LogP contribution is 2.30. The summed E-state index contributed by atoms with van der Waals surface area (Å²) in [6.07, 6.45) is 0. The summed E-state index contributed by atoms with van der Waals surface area (Å²) in [5.74, 6) is 0.604. The molecule has 0 saturated carbocycles. The monoisotopic (exact) mass is 401 g/mol. The van der Waals surface area contributed by atoms with Crippen LogP contribution in [0, 0.1) is 0 Å². The van der Waals surface area contributed by atoms with Gasteiger partial charge >= 0.3 is 6.03 Å². The Morgan fingerprint density at radius 3 is 2.48 bits per heavy atom. The van der Waals surface area contributed by atoms with E-state index in [4.69, 9.17) is 9.72 Å². The smallest absolute Gasteiger partial charge is 0.323 e. The van der Waals surface area contributed by atoms with E-state index in [1.165, 1.54) is 0 Å². The van der Waals surface area contributed by atoms with E-state index in [0.29, 0.717) is 17.1 Å². The Morgan fingerprint density at radius 1 is 0.897 bits per heavy atom. The molecule has 3 aromatic carbocycles. The van der Waals surface area contributed by atoms with Crippen LogP contribution >= 0.6 is 11.3 Å². The molecule has 0 spiro atoms. The maximum Gasteiger partial charge on any atom is 0.323 e. The predicted octanol–water partition coefficient (Wildman–Crippen LogP) is 6.13. The van der Waals surface area contributed by atoms with Crippen LogP contribution in [0.4, 0.5) is 16.2 Å². The number of methoxy groups -OCH3 is 1. The van der Waals surface area contributed by atoms with Gasteiger partial charge < -0.3 is 15.4 Å². The number of nitrogens with zero attached hydrogens (tertiary/aromatic N) is 1. The molecule has 0 bridgehead atoms. The number of hydrogen-bond donors (Lipinski definition) is 2. The Kier molecular flexibility index (Phi) is 5.54. The fourth-order valence-electron chi connectivity index (χ4n) is 2.91. The second kappa shape index (κ2) is 8.58. The number of thiazole rings is 1. The average Bonchev–Trinajstić information content (AvgIpc) is 3.25. The summed E-state index contributed by atoms with van der Waals surface area (Å²) in [6.45, 7) is 0. The maximum absolute atomic E-state index is 12.4. The second-order valence-corrected chi connectivity index (χ2v) is 7.12. The highest BCUT2D eigenvalue weighted by molar-refractivity contribution is 7.13. The van der Waals surface area contributed by atoms with Gasteiger partial charge in [-0.25, -0.2) is 9.78 Å². The van der Waals surface area contributed by atoms with Crippen molar-refractivity contribution < 1.29 is 9.53 Å². The van der Waals surface area contributed by atoms with Gasteiger partial charge in [0, 0.05) is 22.2 Å². The van der Waals surface area contributed by atoms with Crippen molar-refractivity contribution in [3.8, 4) is 27.6 Å². The van der Waals surface area contributed by atoms with Crippen molar-refractivity contribution in [1.82, 2.24) is 4.98 Å². The van der Waals surface area contributed by atoms with Crippen LogP contribution in [0.3, 0.4) is 0 Å². The molecular formula is C23H19N3O2S. The average molecular weight is 401 g/mol. The lowest BCUT2D eigenvalue weighted by Gasteiger charge is -2.11. The first-order chi connectivity index (χ1) is 14.2. The first kappa shape index (κ1) is 18.7. The molecule has 2 amide bonds. The van der Waals surface area contributed by atoms with Gasteiger partial charge in [0.25, 0.3) is 0 Å². The number of amides is 2. The summed E-state index contributed by atoms with van der Waals surface area (Å²) >= 11 is 1.60. The zero-order valence-corrected chi connectivity index (χ0v) is 16.6. The van der Waals surface area contributed by atoms with Gasteiger partial charge in [0.15, 0.2) is 0 Å². The number of benzene rings is 3. The van der Waals surface area contributed by atoms with Crippen molar-refractivity contribution in [1.29, 1.82) is 0 Å². The molecule has 0 radical (unpaired) electrons. The number of carbonyl (C=O) groups excluding carboxylic acids is 1. The first-order valence-corrected chi connectivity index (χ1v) is 9.93. The second-order valence-electron chi connectivity index (χ2n) is 6.26. The molecule has 0 atom stereocenters. The molecule has 2 N–H and O–H groups in total. The van der Waals surface area contributed by atoms with Crippen LogP contribution in [0.2, 0.25) is 0 Å². The third-order valence-corrected chi connectivity index (χ3v) is 5.19. The minimum Gasteiger partial charge on any atom is -0.495 e. The summed E-state index contributed by atoms with van der Waals surface area (Å²) in [5, 5.41) is 8.66. The fraction of sp³-hybridized carbons (Fsp3) is 0.0435. The van der Waals surface area contributed by atoms with Crippen molar-refractivity contribution in [3.05, 3.63) is 84.2 Å². The molecule has 0 unspecified atom stereocenters. The van der Waals surface area contributed by atoms with Crippen LogP contribution in [-0.4, -0.2) is 18.1 Å². The van der Waals surface area contributed by atoms with Gasteiger partial charge in [-0.1, -0.05) is 54.6 Å². The molecule has 6 heteroatoms. The van der Waals surface area contributed by atoms with E-state index < -0.39 is 0 Å². The zero-order chi connectivity index (χ0) is 20.1. The molecule has 0 aliphatic heterocycles. The number of nitrogens with one attached hydrogen (secondary N) is 2. The summed E-state index contributed by atoms with van der Waals surface area (Å²) in [5.41, 5.74) is 4.20. The lowest BCUT2D eigenvalue weighted by Crippen LogP contribution is -2.19. The standard InChI is InChI=1S/C23H19N3O2S/c1-28-21-13-6-5-12-19(21)26-23(27)24-18-11-7-10-17(14-18)20-15-29-22(25-20)16-8-3-2-4-9-16/h2-15H,1H3,(H2,24,26,27). The van der Waals surface area contributed by atoms with Gasteiger partial charge in [-0.05, 0) is 24.3 Å².